The summed E-state index contributed by atoms with van der Waals surface area (Å²) < 4.78 is 6.74. The summed E-state index contributed by atoms with van der Waals surface area (Å²) in [4.78, 5) is 15.4. The van der Waals surface area contributed by atoms with Crippen LogP contribution in [0.15, 0.2) is 131 Å². The van der Waals surface area contributed by atoms with Crippen molar-refractivity contribution in [3.8, 4) is 5.75 Å². The molecule has 2 aliphatic rings. The summed E-state index contributed by atoms with van der Waals surface area (Å²) in [7, 11) is 2.10. The van der Waals surface area contributed by atoms with Crippen LogP contribution in [-0.4, -0.2) is 18.7 Å². The lowest BCUT2D eigenvalue weighted by Gasteiger charge is -2.28. The second-order valence-electron chi connectivity index (χ2n) is 11.0. The minimum Gasteiger partial charge on any atom is -0.458 e. The Labute approximate surface area is 252 Å². The zero-order chi connectivity index (χ0) is 29.5. The summed E-state index contributed by atoms with van der Waals surface area (Å²) in [5.74, 6) is 2.73. The van der Waals surface area contributed by atoms with Gasteiger partial charge in [0.05, 0.1) is 17.0 Å². The number of allylic oxidation sites excluding steroid dienone is 1. The van der Waals surface area contributed by atoms with Gasteiger partial charge in [-0.25, -0.2) is 0 Å². The normalized spacial score (nSPS) is 19.1. The number of amides is 1. The van der Waals surface area contributed by atoms with Gasteiger partial charge in [-0.3, -0.25) is 4.79 Å². The fourth-order valence-corrected chi connectivity index (χ4v) is 8.63. The molecule has 210 valence electrons. The Morgan fingerprint density at radius 2 is 1.48 bits per heavy atom. The molecule has 0 radical (unpaired) electrons. The number of likely N-dealkylation sites (N-methyl/N-ethyl adjacent to an activating group) is 1. The molecule has 0 bridgehead atoms. The van der Waals surface area contributed by atoms with Crippen molar-refractivity contribution in [3.05, 3.63) is 137 Å². The van der Waals surface area contributed by atoms with E-state index in [0.717, 1.165) is 22.3 Å². The molecule has 2 heterocycles. The molecular formula is C35H32N3O2PS. The highest BCUT2D eigenvalue weighted by Gasteiger charge is 2.40. The SMILES string of the molecule is CC1=NN(c2ccccc2)C(=O)/C1=C/c1ccc(OP(=S)(/C=C2\N(C)c3ccccc3C2(C)C)c2ccccc2)cc1. The number of fused-ring (bicyclic) bond motifs is 1. The molecule has 1 amide bonds. The summed E-state index contributed by atoms with van der Waals surface area (Å²) in [5, 5.41) is 6.92. The molecule has 0 saturated carbocycles. The molecule has 0 aliphatic carbocycles. The molecule has 0 aromatic heterocycles. The van der Waals surface area contributed by atoms with Crippen LogP contribution in [0, 0.1) is 0 Å². The van der Waals surface area contributed by atoms with Gasteiger partial charge >= 0.3 is 0 Å². The quantitative estimate of drug-likeness (QED) is 0.170. The molecule has 2 aliphatic heterocycles. The van der Waals surface area contributed by atoms with Gasteiger partial charge in [0, 0.05) is 35.0 Å². The van der Waals surface area contributed by atoms with Crippen LogP contribution >= 0.6 is 6.26 Å². The van der Waals surface area contributed by atoms with Crippen molar-refractivity contribution in [3.63, 3.8) is 0 Å². The number of rotatable bonds is 6. The fraction of sp³-hybridized carbons (Fsp3) is 0.143. The minimum absolute atomic E-state index is 0.144. The average molecular weight is 590 g/mol. The first-order chi connectivity index (χ1) is 20.2. The number of hydrazone groups is 1. The van der Waals surface area contributed by atoms with Crippen molar-refractivity contribution in [2.24, 2.45) is 5.10 Å². The van der Waals surface area contributed by atoms with Crippen LogP contribution in [0.4, 0.5) is 11.4 Å². The number of anilines is 2. The van der Waals surface area contributed by atoms with Gasteiger partial charge in [0.15, 0.2) is 6.26 Å². The van der Waals surface area contributed by atoms with Crippen LogP contribution in [0.25, 0.3) is 6.08 Å². The predicted molar refractivity (Wildman–Crippen MR) is 178 cm³/mol. The molecule has 1 unspecified atom stereocenters. The van der Waals surface area contributed by atoms with Gasteiger partial charge in [0.1, 0.15) is 5.75 Å². The van der Waals surface area contributed by atoms with Crippen LogP contribution < -0.4 is 19.7 Å². The summed E-state index contributed by atoms with van der Waals surface area (Å²) in [6.07, 6.45) is -0.789. The van der Waals surface area contributed by atoms with E-state index in [2.05, 4.69) is 73.1 Å². The Bertz CT molecular complexity index is 1800. The summed E-state index contributed by atoms with van der Waals surface area (Å²) in [5.41, 5.74) is 6.25. The predicted octanol–water partition coefficient (Wildman–Crippen LogP) is 7.86. The third kappa shape index (κ3) is 5.02. The van der Waals surface area contributed by atoms with Crippen molar-refractivity contribution in [2.75, 3.05) is 17.0 Å². The van der Waals surface area contributed by atoms with Crippen LogP contribution in [0.2, 0.25) is 0 Å². The lowest BCUT2D eigenvalue weighted by molar-refractivity contribution is -0.114. The number of hydrogen-bond donors (Lipinski definition) is 0. The lowest BCUT2D eigenvalue weighted by atomic mass is 9.84. The van der Waals surface area contributed by atoms with E-state index in [-0.39, 0.29) is 11.3 Å². The van der Waals surface area contributed by atoms with Gasteiger partial charge in [-0.2, -0.15) is 10.1 Å². The molecule has 6 rings (SSSR count). The van der Waals surface area contributed by atoms with Crippen molar-refractivity contribution in [2.45, 2.75) is 26.2 Å². The van der Waals surface area contributed by atoms with E-state index in [4.69, 9.17) is 16.3 Å². The lowest BCUT2D eigenvalue weighted by Crippen LogP contribution is -2.24. The Kier molecular flexibility index (Phi) is 7.22. The van der Waals surface area contributed by atoms with Crippen LogP contribution in [-0.2, 0) is 22.0 Å². The van der Waals surface area contributed by atoms with E-state index >= 15 is 0 Å². The number of para-hydroxylation sites is 2. The summed E-state index contributed by atoms with van der Waals surface area (Å²) in [6, 6.07) is 35.8. The Hall–Kier alpha value is -4.25. The number of carbonyl (C=O) groups excluding carboxylic acids is 1. The molecule has 7 heteroatoms. The molecule has 0 spiro atoms. The second kappa shape index (κ2) is 10.9. The fourth-order valence-electron chi connectivity index (χ4n) is 5.56. The molecule has 5 nitrogen and oxygen atoms in total. The topological polar surface area (TPSA) is 45.1 Å². The van der Waals surface area contributed by atoms with E-state index in [1.54, 1.807) is 0 Å². The standard InChI is InChI=1S/C35H32N3O2PS/c1-25-30(34(39)38(36-25)27-13-7-5-8-14-27)23-26-19-21-28(22-20-26)40-41(42,29-15-9-6-10-16-29)24-33-35(2,3)31-17-11-12-18-32(31)37(33)4/h5-24H,1-4H3/b30-23+,33-24-. The molecule has 42 heavy (non-hydrogen) atoms. The molecule has 0 N–H and O–H groups in total. The number of nitrogens with zero attached hydrogens (tertiary/aromatic N) is 3. The highest BCUT2D eigenvalue weighted by atomic mass is 32.4. The van der Waals surface area contributed by atoms with E-state index in [0.29, 0.717) is 17.0 Å². The monoisotopic (exact) mass is 589 g/mol. The number of carbonyl (C=O) groups is 1. The van der Waals surface area contributed by atoms with E-state index in [1.807, 2.05) is 85.8 Å². The maximum Gasteiger partial charge on any atom is 0.280 e. The van der Waals surface area contributed by atoms with Crippen molar-refractivity contribution in [1.29, 1.82) is 0 Å². The van der Waals surface area contributed by atoms with Gasteiger partial charge in [-0.05, 0) is 66.3 Å². The molecule has 4 aromatic rings. The third-order valence-electron chi connectivity index (χ3n) is 7.84. The number of hydrogen-bond acceptors (Lipinski definition) is 5. The minimum atomic E-state index is -2.66. The van der Waals surface area contributed by atoms with Crippen LogP contribution in [0.5, 0.6) is 5.75 Å². The third-order valence-corrected chi connectivity index (χ3v) is 11.1. The van der Waals surface area contributed by atoms with E-state index < -0.39 is 6.26 Å². The van der Waals surface area contributed by atoms with Gasteiger partial charge < -0.3 is 9.42 Å². The molecule has 4 aromatic carbocycles. The van der Waals surface area contributed by atoms with E-state index in [9.17, 15) is 4.79 Å². The number of benzene rings is 4. The molecule has 0 fully saturated rings. The maximum atomic E-state index is 13.2. The Morgan fingerprint density at radius 1 is 0.857 bits per heavy atom. The first kappa shape index (κ1) is 27.9. The summed E-state index contributed by atoms with van der Waals surface area (Å²) in [6.45, 7) is 6.33. The average Bonchev–Trinajstić information content (AvgIpc) is 3.39. The van der Waals surface area contributed by atoms with Crippen LogP contribution in [0.3, 0.4) is 0 Å². The van der Waals surface area contributed by atoms with Gasteiger partial charge in [-0.15, -0.1) is 0 Å². The van der Waals surface area contributed by atoms with Gasteiger partial charge in [-0.1, -0.05) is 92.7 Å². The zero-order valence-corrected chi connectivity index (χ0v) is 25.8. The molecular weight excluding hydrogens is 557 g/mol. The smallest absolute Gasteiger partial charge is 0.280 e. The van der Waals surface area contributed by atoms with Crippen LogP contribution in [0.1, 0.15) is 31.9 Å². The van der Waals surface area contributed by atoms with Gasteiger partial charge in [0.2, 0.25) is 0 Å². The first-order valence-electron chi connectivity index (χ1n) is 13.9. The molecule has 0 saturated heterocycles. The van der Waals surface area contributed by atoms with Crippen molar-refractivity contribution >= 4 is 52.4 Å². The maximum absolute atomic E-state index is 13.2. The highest BCUT2D eigenvalue weighted by Crippen LogP contribution is 2.55. The Morgan fingerprint density at radius 3 is 2.14 bits per heavy atom. The largest absolute Gasteiger partial charge is 0.458 e. The van der Waals surface area contributed by atoms with Crippen molar-refractivity contribution < 1.29 is 9.32 Å². The second-order valence-corrected chi connectivity index (χ2v) is 14.8. The first-order valence-corrected chi connectivity index (χ1v) is 16.6. The summed E-state index contributed by atoms with van der Waals surface area (Å²) >= 11 is 6.40. The van der Waals surface area contributed by atoms with Crippen molar-refractivity contribution in [1.82, 2.24) is 0 Å². The Balaban J connectivity index is 1.31. The molecule has 1 atom stereocenters. The van der Waals surface area contributed by atoms with E-state index in [1.165, 1.54) is 16.3 Å². The highest BCUT2D eigenvalue weighted by molar-refractivity contribution is 8.17. The van der Waals surface area contributed by atoms with Gasteiger partial charge in [0.25, 0.3) is 5.91 Å². The zero-order valence-electron chi connectivity index (χ0n) is 24.1.